The summed E-state index contributed by atoms with van der Waals surface area (Å²) in [4.78, 5) is 29.3. The Morgan fingerprint density at radius 2 is 2.21 bits per heavy atom. The van der Waals surface area contributed by atoms with Crippen LogP contribution >= 0.6 is 11.3 Å². The van der Waals surface area contributed by atoms with E-state index >= 15 is 0 Å². The minimum absolute atomic E-state index is 0.0570. The third kappa shape index (κ3) is 3.07. The van der Waals surface area contributed by atoms with Gasteiger partial charge in [-0.2, -0.15) is 0 Å². The number of aryl methyl sites for hydroxylation is 1. The Balaban J connectivity index is 1.32. The molecule has 1 unspecified atom stereocenters. The van der Waals surface area contributed by atoms with Crippen molar-refractivity contribution in [3.05, 3.63) is 65.2 Å². The molecule has 0 aliphatic heterocycles. The topological polar surface area (TPSA) is 83.6 Å². The minimum atomic E-state index is -0.130. The summed E-state index contributed by atoms with van der Waals surface area (Å²) in [6.45, 7) is 0.418. The number of nitrogens with one attached hydrogen (secondary N) is 2. The number of hydrogen-bond donors (Lipinski definition) is 2. The number of amides is 1. The van der Waals surface area contributed by atoms with Crippen molar-refractivity contribution in [2.75, 3.05) is 0 Å². The van der Waals surface area contributed by atoms with Gasteiger partial charge in [-0.3, -0.25) is 14.8 Å². The van der Waals surface area contributed by atoms with Gasteiger partial charge in [-0.1, -0.05) is 18.2 Å². The van der Waals surface area contributed by atoms with E-state index in [0.29, 0.717) is 6.54 Å². The number of para-hydroxylation sites is 1. The van der Waals surface area contributed by atoms with Crippen molar-refractivity contribution in [2.24, 2.45) is 0 Å². The molecule has 0 radical (unpaired) electrons. The van der Waals surface area contributed by atoms with E-state index < -0.39 is 0 Å². The molecule has 3 aromatic heterocycles. The fourth-order valence-electron chi connectivity index (χ4n) is 3.89. The highest BCUT2D eigenvalue weighted by Gasteiger charge is 2.29. The molecule has 1 aliphatic carbocycles. The Labute approximate surface area is 166 Å². The molecule has 0 spiro atoms. The van der Waals surface area contributed by atoms with Gasteiger partial charge >= 0.3 is 0 Å². The number of aromatic nitrogens is 4. The predicted octanol–water partition coefficient (Wildman–Crippen LogP) is 3.82. The van der Waals surface area contributed by atoms with Crippen molar-refractivity contribution in [1.82, 2.24) is 25.3 Å². The van der Waals surface area contributed by atoms with Crippen LogP contribution in [0.5, 0.6) is 0 Å². The molecule has 5 rings (SSSR count). The summed E-state index contributed by atoms with van der Waals surface area (Å²) in [5.41, 5.74) is 5.07. The second-order valence-electron chi connectivity index (χ2n) is 6.96. The van der Waals surface area contributed by atoms with E-state index in [0.717, 1.165) is 46.9 Å². The molecule has 28 heavy (non-hydrogen) atoms. The first-order chi connectivity index (χ1) is 13.8. The third-order valence-corrected chi connectivity index (χ3v) is 6.12. The summed E-state index contributed by atoms with van der Waals surface area (Å²) in [5, 5.41) is 7.08. The number of hydrogen-bond acceptors (Lipinski definition) is 5. The lowest BCUT2D eigenvalue weighted by molar-refractivity contribution is -0.123. The molecule has 4 aromatic rings. The molecule has 6 nitrogen and oxygen atoms in total. The summed E-state index contributed by atoms with van der Waals surface area (Å²) >= 11 is 1.51. The maximum absolute atomic E-state index is 12.9. The summed E-state index contributed by atoms with van der Waals surface area (Å²) in [6, 6.07) is 8.29. The molecule has 3 heterocycles. The molecule has 1 aliphatic rings. The molecule has 0 saturated carbocycles. The van der Waals surface area contributed by atoms with Gasteiger partial charge in [-0.05, 0) is 30.9 Å². The summed E-state index contributed by atoms with van der Waals surface area (Å²) in [6.07, 6.45) is 7.91. The van der Waals surface area contributed by atoms with Gasteiger partial charge in [-0.25, -0.2) is 4.98 Å². The zero-order valence-electron chi connectivity index (χ0n) is 15.2. The number of fused-ring (bicyclic) bond motifs is 3. The van der Waals surface area contributed by atoms with E-state index in [9.17, 15) is 4.79 Å². The second kappa shape index (κ2) is 7.16. The highest BCUT2D eigenvalue weighted by Crippen LogP contribution is 2.36. The highest BCUT2D eigenvalue weighted by atomic mass is 32.1. The minimum Gasteiger partial charge on any atom is -0.357 e. The first-order valence-electron chi connectivity index (χ1n) is 9.37. The summed E-state index contributed by atoms with van der Waals surface area (Å²) in [5.74, 6) is -0.0733. The summed E-state index contributed by atoms with van der Waals surface area (Å²) < 4.78 is 0. The number of rotatable bonds is 4. The maximum atomic E-state index is 12.9. The average Bonchev–Trinajstić information content (AvgIpc) is 3.37. The smallest absolute Gasteiger partial charge is 0.229 e. The highest BCUT2D eigenvalue weighted by molar-refractivity contribution is 7.13. The number of carbonyl (C=O) groups is 1. The van der Waals surface area contributed by atoms with Crippen molar-refractivity contribution in [3.8, 4) is 10.7 Å². The largest absolute Gasteiger partial charge is 0.357 e. The quantitative estimate of drug-likeness (QED) is 0.556. The number of aromatic amines is 1. The monoisotopic (exact) mass is 389 g/mol. The first-order valence-corrected chi connectivity index (χ1v) is 10.3. The van der Waals surface area contributed by atoms with E-state index in [1.54, 1.807) is 18.6 Å². The molecular weight excluding hydrogens is 370 g/mol. The van der Waals surface area contributed by atoms with Crippen molar-refractivity contribution in [2.45, 2.75) is 31.7 Å². The Kier molecular flexibility index (Phi) is 4.37. The molecule has 1 amide bonds. The van der Waals surface area contributed by atoms with Gasteiger partial charge in [0, 0.05) is 34.4 Å². The third-order valence-electron chi connectivity index (χ3n) is 5.21. The fourth-order valence-corrected chi connectivity index (χ4v) is 4.67. The van der Waals surface area contributed by atoms with Gasteiger partial charge in [0.25, 0.3) is 0 Å². The van der Waals surface area contributed by atoms with Gasteiger partial charge in [0.1, 0.15) is 10.7 Å². The van der Waals surface area contributed by atoms with Gasteiger partial charge < -0.3 is 10.3 Å². The van der Waals surface area contributed by atoms with E-state index in [1.807, 2.05) is 11.4 Å². The molecule has 2 N–H and O–H groups in total. The van der Waals surface area contributed by atoms with Crippen LogP contribution in [0, 0.1) is 0 Å². The van der Waals surface area contributed by atoms with Crippen LogP contribution < -0.4 is 5.32 Å². The molecule has 0 bridgehead atoms. The van der Waals surface area contributed by atoms with E-state index in [4.69, 9.17) is 0 Å². The number of nitrogens with zero attached hydrogens (tertiary/aromatic N) is 3. The van der Waals surface area contributed by atoms with Crippen LogP contribution in [0.3, 0.4) is 0 Å². The number of benzene rings is 1. The van der Waals surface area contributed by atoms with E-state index in [1.165, 1.54) is 22.3 Å². The van der Waals surface area contributed by atoms with Crippen molar-refractivity contribution in [3.63, 3.8) is 0 Å². The molecule has 1 aromatic carbocycles. The van der Waals surface area contributed by atoms with Crippen LogP contribution in [0.15, 0.2) is 48.2 Å². The van der Waals surface area contributed by atoms with Gasteiger partial charge in [0.15, 0.2) is 0 Å². The predicted molar refractivity (Wildman–Crippen MR) is 109 cm³/mol. The van der Waals surface area contributed by atoms with Crippen molar-refractivity contribution >= 4 is 28.1 Å². The Bertz CT molecular complexity index is 1130. The van der Waals surface area contributed by atoms with Gasteiger partial charge in [0.05, 0.1) is 24.4 Å². The SMILES string of the molecule is O=C(NCc1csc(-c2cnccn2)n1)C1CCCc2c1[nH]c1ccccc21. The Hall–Kier alpha value is -3.06. The number of H-pyrrole nitrogens is 1. The van der Waals surface area contributed by atoms with Crippen LogP contribution in [0.25, 0.3) is 21.6 Å². The van der Waals surface area contributed by atoms with Crippen molar-refractivity contribution in [1.29, 1.82) is 0 Å². The molecule has 140 valence electrons. The van der Waals surface area contributed by atoms with Crippen LogP contribution in [-0.2, 0) is 17.8 Å². The van der Waals surface area contributed by atoms with Crippen molar-refractivity contribution < 1.29 is 4.79 Å². The van der Waals surface area contributed by atoms with Crippen LogP contribution in [-0.4, -0.2) is 25.8 Å². The lowest BCUT2D eigenvalue weighted by Crippen LogP contribution is -2.31. The second-order valence-corrected chi connectivity index (χ2v) is 7.82. The molecule has 7 heteroatoms. The lowest BCUT2D eigenvalue weighted by atomic mass is 9.86. The zero-order valence-corrected chi connectivity index (χ0v) is 16.0. The van der Waals surface area contributed by atoms with Crippen LogP contribution in [0.2, 0.25) is 0 Å². The first kappa shape index (κ1) is 17.1. The normalized spacial score (nSPS) is 16.1. The number of thiazole rings is 1. The van der Waals surface area contributed by atoms with E-state index in [2.05, 4.69) is 43.5 Å². The number of carbonyl (C=O) groups excluding carboxylic acids is 1. The van der Waals surface area contributed by atoms with E-state index in [-0.39, 0.29) is 11.8 Å². The maximum Gasteiger partial charge on any atom is 0.229 e. The average molecular weight is 389 g/mol. The molecule has 0 fully saturated rings. The standard InChI is InChI=1S/C21H19N5OS/c27-20(24-10-13-12-28-21(25-13)18-11-22-8-9-23-18)16-6-3-5-15-14-4-1-2-7-17(14)26-19(15)16/h1-2,4,7-9,11-12,16,26H,3,5-6,10H2,(H,24,27). The molecule has 0 saturated heterocycles. The van der Waals surface area contributed by atoms with Gasteiger partial charge in [0.2, 0.25) is 5.91 Å². The Morgan fingerprint density at radius 1 is 1.29 bits per heavy atom. The molecular formula is C21H19N5OS. The van der Waals surface area contributed by atoms with Crippen LogP contribution in [0.4, 0.5) is 0 Å². The summed E-state index contributed by atoms with van der Waals surface area (Å²) in [7, 11) is 0. The Morgan fingerprint density at radius 3 is 3.11 bits per heavy atom. The fraction of sp³-hybridized carbons (Fsp3) is 0.238. The van der Waals surface area contributed by atoms with Crippen LogP contribution in [0.1, 0.15) is 35.7 Å². The zero-order chi connectivity index (χ0) is 18.9. The van der Waals surface area contributed by atoms with Gasteiger partial charge in [-0.15, -0.1) is 11.3 Å². The lowest BCUT2D eigenvalue weighted by Gasteiger charge is -2.21. The molecule has 1 atom stereocenters.